The average Bonchev–Trinajstić information content (AvgIpc) is 3.25. The molecule has 2 aromatic rings. The van der Waals surface area contributed by atoms with Crippen molar-refractivity contribution in [2.75, 3.05) is 0 Å². The lowest BCUT2D eigenvalue weighted by Gasteiger charge is -2.18. The molecule has 0 amide bonds. The molecule has 0 aliphatic heterocycles. The van der Waals surface area contributed by atoms with Crippen LogP contribution in [0.3, 0.4) is 0 Å². The van der Waals surface area contributed by atoms with Gasteiger partial charge in [0.1, 0.15) is 11.5 Å². The van der Waals surface area contributed by atoms with Gasteiger partial charge in [0.2, 0.25) is 0 Å². The van der Waals surface area contributed by atoms with E-state index in [2.05, 4.69) is 29.6 Å². The topological polar surface area (TPSA) is 25.2 Å². The molecule has 1 aromatic heterocycles. The smallest absolute Gasteiger partial charge is 0.284 e. The lowest BCUT2D eigenvalue weighted by Crippen LogP contribution is -2.22. The first-order chi connectivity index (χ1) is 10.7. The summed E-state index contributed by atoms with van der Waals surface area (Å²) < 4.78 is 30.0. The van der Waals surface area contributed by atoms with Crippen LogP contribution in [0, 0.1) is 5.92 Å². The van der Waals surface area contributed by atoms with Gasteiger partial charge in [-0.2, -0.15) is 8.78 Å². The molecule has 0 saturated heterocycles. The van der Waals surface area contributed by atoms with E-state index >= 15 is 0 Å². The Kier molecular flexibility index (Phi) is 5.16. The number of benzene rings is 1. The van der Waals surface area contributed by atoms with E-state index in [0.717, 1.165) is 5.76 Å². The Hall–Kier alpha value is -1.33. The first-order valence-electron chi connectivity index (χ1n) is 7.48. The lowest BCUT2D eigenvalue weighted by molar-refractivity contribution is 0.251. The van der Waals surface area contributed by atoms with Crippen LogP contribution in [0.15, 0.2) is 46.9 Å². The van der Waals surface area contributed by atoms with Crippen molar-refractivity contribution < 1.29 is 13.2 Å². The summed E-state index contributed by atoms with van der Waals surface area (Å²) in [7, 11) is 0. The molecule has 3 rings (SSSR count). The molecule has 1 aromatic carbocycles. The van der Waals surface area contributed by atoms with E-state index < -0.39 is 5.76 Å². The SMILES string of the molecule is FC(F)SCc1ccc(CNC(c2ccccc2)C2CC2)o1. The number of rotatable bonds is 8. The first-order valence-corrected chi connectivity index (χ1v) is 8.53. The van der Waals surface area contributed by atoms with Gasteiger partial charge in [-0.15, -0.1) is 0 Å². The van der Waals surface area contributed by atoms with E-state index in [1.165, 1.54) is 18.4 Å². The van der Waals surface area contributed by atoms with Crippen molar-refractivity contribution in [2.24, 2.45) is 5.92 Å². The minimum absolute atomic E-state index is 0.211. The van der Waals surface area contributed by atoms with Gasteiger partial charge in [-0.05, 0) is 36.5 Å². The molecule has 22 heavy (non-hydrogen) atoms. The van der Waals surface area contributed by atoms with E-state index in [0.29, 0.717) is 36.0 Å². The predicted molar refractivity (Wildman–Crippen MR) is 84.8 cm³/mol. The van der Waals surface area contributed by atoms with Gasteiger partial charge in [-0.25, -0.2) is 0 Å². The van der Waals surface area contributed by atoms with Gasteiger partial charge in [-0.3, -0.25) is 0 Å². The van der Waals surface area contributed by atoms with Gasteiger partial charge in [-0.1, -0.05) is 42.1 Å². The molecule has 1 saturated carbocycles. The molecule has 0 bridgehead atoms. The molecule has 1 N–H and O–H groups in total. The molecule has 1 unspecified atom stereocenters. The van der Waals surface area contributed by atoms with E-state index in [4.69, 9.17) is 4.42 Å². The molecule has 1 aliphatic carbocycles. The van der Waals surface area contributed by atoms with Crippen LogP contribution in [-0.2, 0) is 12.3 Å². The van der Waals surface area contributed by atoms with Crippen LogP contribution in [0.25, 0.3) is 0 Å². The first kappa shape index (κ1) is 15.6. The fourth-order valence-corrected chi connectivity index (χ4v) is 3.04. The number of nitrogens with one attached hydrogen (secondary N) is 1. The number of halogens is 2. The summed E-state index contributed by atoms with van der Waals surface area (Å²) in [6, 6.07) is 14.4. The lowest BCUT2D eigenvalue weighted by atomic mass is 10.0. The zero-order valence-corrected chi connectivity index (χ0v) is 13.0. The van der Waals surface area contributed by atoms with Crippen LogP contribution in [0.1, 0.15) is 36.0 Å². The summed E-state index contributed by atoms with van der Waals surface area (Å²) in [6.45, 7) is 0.620. The number of furan rings is 1. The van der Waals surface area contributed by atoms with Gasteiger partial charge >= 0.3 is 0 Å². The van der Waals surface area contributed by atoms with Crippen molar-refractivity contribution in [3.05, 3.63) is 59.5 Å². The second-order valence-electron chi connectivity index (χ2n) is 5.55. The highest BCUT2D eigenvalue weighted by atomic mass is 32.2. The Morgan fingerprint density at radius 1 is 1.09 bits per heavy atom. The number of hydrogen-bond donors (Lipinski definition) is 1. The van der Waals surface area contributed by atoms with Crippen molar-refractivity contribution in [1.29, 1.82) is 0 Å². The average molecular weight is 323 g/mol. The van der Waals surface area contributed by atoms with Crippen molar-refractivity contribution in [1.82, 2.24) is 5.32 Å². The summed E-state index contributed by atoms with van der Waals surface area (Å²) in [5.41, 5.74) is 1.30. The van der Waals surface area contributed by atoms with Crippen molar-refractivity contribution >= 4 is 11.8 Å². The number of alkyl halides is 2. The predicted octanol–water partition coefficient (Wildman–Crippen LogP) is 4.98. The summed E-state index contributed by atoms with van der Waals surface area (Å²) >= 11 is 0.586. The monoisotopic (exact) mass is 323 g/mol. The zero-order chi connectivity index (χ0) is 15.4. The molecular formula is C17H19F2NOS. The third-order valence-corrected chi connectivity index (χ3v) is 4.52. The summed E-state index contributed by atoms with van der Waals surface area (Å²) in [6.07, 6.45) is 2.50. The molecule has 5 heteroatoms. The molecule has 0 radical (unpaired) electrons. The van der Waals surface area contributed by atoms with Crippen LogP contribution < -0.4 is 5.32 Å². The Bertz CT molecular complexity index is 583. The Labute approximate surface area is 133 Å². The molecule has 1 atom stereocenters. The Balaban J connectivity index is 1.56. The molecule has 1 heterocycles. The Morgan fingerprint density at radius 2 is 1.82 bits per heavy atom. The van der Waals surface area contributed by atoms with Gasteiger partial charge in [0, 0.05) is 6.04 Å². The van der Waals surface area contributed by atoms with E-state index in [1.807, 2.05) is 12.1 Å². The molecule has 118 valence electrons. The van der Waals surface area contributed by atoms with E-state index in [9.17, 15) is 8.78 Å². The number of thioether (sulfide) groups is 1. The minimum atomic E-state index is -2.36. The fourth-order valence-electron chi connectivity index (χ4n) is 2.60. The van der Waals surface area contributed by atoms with Crippen LogP contribution >= 0.6 is 11.8 Å². The van der Waals surface area contributed by atoms with Crippen molar-refractivity contribution in [3.8, 4) is 0 Å². The third-order valence-electron chi connectivity index (χ3n) is 3.82. The van der Waals surface area contributed by atoms with Gasteiger partial charge < -0.3 is 9.73 Å². The van der Waals surface area contributed by atoms with Crippen LogP contribution in [-0.4, -0.2) is 5.76 Å². The quantitative estimate of drug-likeness (QED) is 0.742. The van der Waals surface area contributed by atoms with Crippen molar-refractivity contribution in [3.63, 3.8) is 0 Å². The maximum absolute atomic E-state index is 12.2. The second kappa shape index (κ2) is 7.29. The summed E-state index contributed by atoms with van der Waals surface area (Å²) in [5.74, 6) is -0.0611. The molecule has 1 aliphatic rings. The minimum Gasteiger partial charge on any atom is -0.464 e. The maximum Gasteiger partial charge on any atom is 0.284 e. The van der Waals surface area contributed by atoms with E-state index in [1.54, 1.807) is 6.07 Å². The zero-order valence-electron chi connectivity index (χ0n) is 12.2. The van der Waals surface area contributed by atoms with Crippen LogP contribution in [0.5, 0.6) is 0 Å². The maximum atomic E-state index is 12.2. The van der Waals surface area contributed by atoms with E-state index in [-0.39, 0.29) is 5.75 Å². The molecule has 0 spiro atoms. The van der Waals surface area contributed by atoms with Crippen LogP contribution in [0.4, 0.5) is 8.78 Å². The largest absolute Gasteiger partial charge is 0.464 e. The number of hydrogen-bond acceptors (Lipinski definition) is 3. The third kappa shape index (κ3) is 4.34. The Morgan fingerprint density at radius 3 is 2.50 bits per heavy atom. The normalized spacial score (nSPS) is 16.1. The van der Waals surface area contributed by atoms with Crippen LogP contribution in [0.2, 0.25) is 0 Å². The standard InChI is InChI=1S/C17H19F2NOS/c18-17(19)22-11-15-9-8-14(21-15)10-20-16(13-6-7-13)12-4-2-1-3-5-12/h1-5,8-9,13,16-17,20H,6-7,10-11H2. The van der Waals surface area contributed by atoms with Gasteiger partial charge in [0.25, 0.3) is 5.76 Å². The summed E-state index contributed by atoms with van der Waals surface area (Å²) in [4.78, 5) is 0. The molecular weight excluding hydrogens is 304 g/mol. The van der Waals surface area contributed by atoms with Gasteiger partial charge in [0.15, 0.2) is 0 Å². The highest BCUT2D eigenvalue weighted by Crippen LogP contribution is 2.41. The molecule has 2 nitrogen and oxygen atoms in total. The molecule has 1 fully saturated rings. The fraction of sp³-hybridized carbons (Fsp3) is 0.412. The second-order valence-corrected chi connectivity index (χ2v) is 6.52. The van der Waals surface area contributed by atoms with Crippen molar-refractivity contribution in [2.45, 2.75) is 36.9 Å². The summed E-state index contributed by atoms with van der Waals surface area (Å²) in [5, 5.41) is 3.54. The highest BCUT2D eigenvalue weighted by molar-refractivity contribution is 7.98. The highest BCUT2D eigenvalue weighted by Gasteiger charge is 2.31. The van der Waals surface area contributed by atoms with Gasteiger partial charge in [0.05, 0.1) is 12.3 Å².